The lowest BCUT2D eigenvalue weighted by Gasteiger charge is -2.13. The van der Waals surface area contributed by atoms with E-state index in [1.165, 1.54) is 4.57 Å². The van der Waals surface area contributed by atoms with Crippen molar-refractivity contribution in [1.29, 1.82) is 0 Å². The lowest BCUT2D eigenvalue weighted by atomic mass is 10.0. The number of oxazole rings is 1. The van der Waals surface area contributed by atoms with Gasteiger partial charge in [0, 0.05) is 12.2 Å². The number of aryl methyl sites for hydroxylation is 1. The number of esters is 1. The number of ether oxygens (including phenoxy) is 1. The van der Waals surface area contributed by atoms with E-state index >= 15 is 0 Å². The van der Waals surface area contributed by atoms with Crippen LogP contribution in [0.15, 0.2) is 57.7 Å². The molecule has 0 aliphatic rings. The Hall–Kier alpha value is -3.35. The zero-order valence-electron chi connectivity index (χ0n) is 15.8. The smallest absolute Gasteiger partial charge is 0.419 e. The zero-order chi connectivity index (χ0) is 20.1. The average molecular weight is 382 g/mol. The van der Waals surface area contributed by atoms with Gasteiger partial charge in [0.05, 0.1) is 11.9 Å². The van der Waals surface area contributed by atoms with E-state index < -0.39 is 17.6 Å². The SMILES string of the molecule is CC(C)c1ccccc1NC(=O)COC(=O)CCn1c(=O)oc2ccccc21. The number of fused-ring (bicyclic) bond motifs is 1. The van der Waals surface area contributed by atoms with E-state index in [2.05, 4.69) is 5.32 Å². The van der Waals surface area contributed by atoms with E-state index in [9.17, 15) is 14.4 Å². The van der Waals surface area contributed by atoms with Crippen molar-refractivity contribution in [2.45, 2.75) is 32.7 Å². The monoisotopic (exact) mass is 382 g/mol. The number of nitrogens with one attached hydrogen (secondary N) is 1. The van der Waals surface area contributed by atoms with Gasteiger partial charge in [-0.15, -0.1) is 0 Å². The summed E-state index contributed by atoms with van der Waals surface area (Å²) >= 11 is 0. The van der Waals surface area contributed by atoms with Gasteiger partial charge >= 0.3 is 11.7 Å². The van der Waals surface area contributed by atoms with Gasteiger partial charge in [-0.2, -0.15) is 0 Å². The molecule has 7 heteroatoms. The number of rotatable bonds is 7. The number of anilines is 1. The molecule has 2 aromatic carbocycles. The number of para-hydroxylation sites is 3. The Bertz CT molecular complexity index is 1050. The Balaban J connectivity index is 1.52. The highest BCUT2D eigenvalue weighted by atomic mass is 16.5. The molecule has 0 bridgehead atoms. The van der Waals surface area contributed by atoms with Crippen LogP contribution in [-0.4, -0.2) is 23.1 Å². The van der Waals surface area contributed by atoms with Gasteiger partial charge in [-0.3, -0.25) is 14.2 Å². The van der Waals surface area contributed by atoms with Crippen LogP contribution < -0.4 is 11.1 Å². The average Bonchev–Trinajstić information content (AvgIpc) is 3.00. The standard InChI is InChI=1S/C21H22N2O5/c1-14(2)15-7-3-4-8-16(15)22-19(24)13-27-20(25)11-12-23-17-9-5-6-10-18(17)28-21(23)26/h3-10,14H,11-13H2,1-2H3,(H,22,24). The molecule has 1 heterocycles. The normalized spacial score (nSPS) is 11.0. The third kappa shape index (κ3) is 4.49. The Morgan fingerprint density at radius 2 is 1.82 bits per heavy atom. The molecule has 28 heavy (non-hydrogen) atoms. The molecule has 1 amide bonds. The molecule has 0 unspecified atom stereocenters. The molecule has 0 radical (unpaired) electrons. The first-order valence-electron chi connectivity index (χ1n) is 9.08. The summed E-state index contributed by atoms with van der Waals surface area (Å²) in [6.07, 6.45) is -0.0424. The minimum Gasteiger partial charge on any atom is -0.456 e. The molecule has 1 aromatic heterocycles. The summed E-state index contributed by atoms with van der Waals surface area (Å²) in [5, 5.41) is 2.76. The third-order valence-corrected chi connectivity index (χ3v) is 4.33. The second-order valence-electron chi connectivity index (χ2n) is 6.69. The number of hydrogen-bond acceptors (Lipinski definition) is 5. The molecule has 0 spiro atoms. The van der Waals surface area contributed by atoms with E-state index in [0.29, 0.717) is 16.8 Å². The largest absolute Gasteiger partial charge is 0.456 e. The summed E-state index contributed by atoms with van der Waals surface area (Å²) in [6.45, 7) is 3.80. The summed E-state index contributed by atoms with van der Waals surface area (Å²) in [5.41, 5.74) is 2.79. The van der Waals surface area contributed by atoms with Gasteiger partial charge in [0.2, 0.25) is 0 Å². The molecular weight excluding hydrogens is 360 g/mol. The van der Waals surface area contributed by atoms with Crippen molar-refractivity contribution < 1.29 is 18.7 Å². The van der Waals surface area contributed by atoms with Crippen LogP contribution in [-0.2, 0) is 20.9 Å². The summed E-state index contributed by atoms with van der Waals surface area (Å²) in [5.74, 6) is -1.25. The Morgan fingerprint density at radius 3 is 2.61 bits per heavy atom. The van der Waals surface area contributed by atoms with Crippen molar-refractivity contribution >= 4 is 28.7 Å². The quantitative estimate of drug-likeness (QED) is 0.633. The van der Waals surface area contributed by atoms with Gasteiger partial charge in [0.1, 0.15) is 0 Å². The van der Waals surface area contributed by atoms with Crippen LogP contribution in [0.5, 0.6) is 0 Å². The number of benzene rings is 2. The molecule has 0 saturated carbocycles. The number of nitrogens with zero attached hydrogens (tertiary/aromatic N) is 1. The van der Waals surface area contributed by atoms with Crippen LogP contribution in [0.4, 0.5) is 5.69 Å². The highest BCUT2D eigenvalue weighted by molar-refractivity contribution is 5.93. The lowest BCUT2D eigenvalue weighted by molar-refractivity contribution is -0.147. The second-order valence-corrected chi connectivity index (χ2v) is 6.69. The first-order valence-corrected chi connectivity index (χ1v) is 9.08. The Kier molecular flexibility index (Phi) is 5.93. The maximum Gasteiger partial charge on any atom is 0.419 e. The lowest BCUT2D eigenvalue weighted by Crippen LogP contribution is -2.23. The summed E-state index contributed by atoms with van der Waals surface area (Å²) in [7, 11) is 0. The predicted molar refractivity (Wildman–Crippen MR) is 105 cm³/mol. The van der Waals surface area contributed by atoms with Crippen molar-refractivity contribution in [3.05, 3.63) is 64.6 Å². The Labute approximate surface area is 161 Å². The first kappa shape index (κ1) is 19.4. The minimum atomic E-state index is -0.565. The molecule has 0 atom stereocenters. The van der Waals surface area contributed by atoms with Crippen molar-refractivity contribution in [3.8, 4) is 0 Å². The van der Waals surface area contributed by atoms with Crippen molar-refractivity contribution in [3.63, 3.8) is 0 Å². The number of carbonyl (C=O) groups is 2. The van der Waals surface area contributed by atoms with Crippen LogP contribution in [0.3, 0.4) is 0 Å². The maximum absolute atomic E-state index is 12.1. The molecule has 3 rings (SSSR count). The highest BCUT2D eigenvalue weighted by Gasteiger charge is 2.13. The van der Waals surface area contributed by atoms with E-state index in [-0.39, 0.29) is 25.5 Å². The summed E-state index contributed by atoms with van der Waals surface area (Å²) in [4.78, 5) is 36.0. The molecular formula is C21H22N2O5. The van der Waals surface area contributed by atoms with E-state index in [4.69, 9.17) is 9.15 Å². The molecule has 0 aliphatic heterocycles. The van der Waals surface area contributed by atoms with Gasteiger partial charge in [-0.25, -0.2) is 4.79 Å². The highest BCUT2D eigenvalue weighted by Crippen LogP contribution is 2.23. The number of amides is 1. The second kappa shape index (κ2) is 8.56. The van der Waals surface area contributed by atoms with E-state index in [0.717, 1.165) is 5.56 Å². The van der Waals surface area contributed by atoms with Gasteiger partial charge in [-0.1, -0.05) is 44.2 Å². The fourth-order valence-corrected chi connectivity index (χ4v) is 2.95. The number of carbonyl (C=O) groups excluding carboxylic acids is 2. The number of hydrogen-bond donors (Lipinski definition) is 1. The van der Waals surface area contributed by atoms with Crippen LogP contribution >= 0.6 is 0 Å². The van der Waals surface area contributed by atoms with Gasteiger partial charge in [-0.05, 0) is 29.7 Å². The summed E-state index contributed by atoms with van der Waals surface area (Å²) in [6, 6.07) is 14.5. The van der Waals surface area contributed by atoms with Crippen molar-refractivity contribution in [2.75, 3.05) is 11.9 Å². The van der Waals surface area contributed by atoms with Crippen molar-refractivity contribution in [2.24, 2.45) is 0 Å². The fraction of sp³-hybridized carbons (Fsp3) is 0.286. The fourth-order valence-electron chi connectivity index (χ4n) is 2.95. The van der Waals surface area contributed by atoms with E-state index in [1.807, 2.05) is 38.1 Å². The molecule has 7 nitrogen and oxygen atoms in total. The number of aromatic nitrogens is 1. The minimum absolute atomic E-state index is 0.0424. The molecule has 3 aromatic rings. The topological polar surface area (TPSA) is 90.5 Å². The molecule has 0 saturated heterocycles. The van der Waals surface area contributed by atoms with E-state index in [1.54, 1.807) is 24.3 Å². The maximum atomic E-state index is 12.1. The molecule has 146 valence electrons. The van der Waals surface area contributed by atoms with Crippen LogP contribution in [0.2, 0.25) is 0 Å². The van der Waals surface area contributed by atoms with Gasteiger partial charge in [0.15, 0.2) is 12.2 Å². The zero-order valence-corrected chi connectivity index (χ0v) is 15.8. The van der Waals surface area contributed by atoms with Crippen LogP contribution in [0.1, 0.15) is 31.7 Å². The Morgan fingerprint density at radius 1 is 1.11 bits per heavy atom. The van der Waals surface area contributed by atoms with Crippen LogP contribution in [0, 0.1) is 0 Å². The van der Waals surface area contributed by atoms with Crippen LogP contribution in [0.25, 0.3) is 11.1 Å². The first-order chi connectivity index (χ1) is 13.5. The predicted octanol–water partition coefficient (Wildman–Crippen LogP) is 3.29. The molecule has 0 aliphatic carbocycles. The van der Waals surface area contributed by atoms with Gasteiger partial charge < -0.3 is 14.5 Å². The molecule has 1 N–H and O–H groups in total. The van der Waals surface area contributed by atoms with Crippen molar-refractivity contribution in [1.82, 2.24) is 4.57 Å². The van der Waals surface area contributed by atoms with Gasteiger partial charge in [0.25, 0.3) is 5.91 Å². The third-order valence-electron chi connectivity index (χ3n) is 4.33. The molecule has 0 fully saturated rings. The summed E-state index contributed by atoms with van der Waals surface area (Å²) < 4.78 is 11.5.